The van der Waals surface area contributed by atoms with Gasteiger partial charge in [0.2, 0.25) is 0 Å². The minimum atomic E-state index is -0.413. The summed E-state index contributed by atoms with van der Waals surface area (Å²) < 4.78 is 0. The zero-order valence-electron chi connectivity index (χ0n) is 8.66. The number of aliphatic hydroxyl groups is 1. The normalized spacial score (nSPS) is 35.8. The molecule has 2 fully saturated rings. The third-order valence-electron chi connectivity index (χ3n) is 3.48. The maximum atomic E-state index is 10.3. The van der Waals surface area contributed by atoms with Gasteiger partial charge in [0.15, 0.2) is 0 Å². The first-order chi connectivity index (χ1) is 6.12. The Morgan fingerprint density at radius 3 is 2.46 bits per heavy atom. The molecule has 2 heterocycles. The second-order valence-electron chi connectivity index (χ2n) is 4.77. The van der Waals surface area contributed by atoms with E-state index in [0.29, 0.717) is 6.04 Å². The van der Waals surface area contributed by atoms with E-state index < -0.39 is 5.60 Å². The Morgan fingerprint density at radius 2 is 1.92 bits per heavy atom. The fourth-order valence-electron chi connectivity index (χ4n) is 2.85. The van der Waals surface area contributed by atoms with Gasteiger partial charge in [-0.3, -0.25) is 0 Å². The van der Waals surface area contributed by atoms with Gasteiger partial charge >= 0.3 is 0 Å². The van der Waals surface area contributed by atoms with E-state index in [1.165, 1.54) is 19.3 Å². The van der Waals surface area contributed by atoms with E-state index in [1.807, 2.05) is 0 Å². The molecule has 3 nitrogen and oxygen atoms in total. The summed E-state index contributed by atoms with van der Waals surface area (Å²) in [6.07, 6.45) is 3.74. The Balaban J connectivity index is 1.98. The highest BCUT2D eigenvalue weighted by Gasteiger charge is 2.47. The van der Waals surface area contributed by atoms with Gasteiger partial charge in [-0.15, -0.1) is 0 Å². The van der Waals surface area contributed by atoms with E-state index >= 15 is 0 Å². The minimum absolute atomic E-state index is 0.400. The molecule has 0 bridgehead atoms. The van der Waals surface area contributed by atoms with E-state index in [9.17, 15) is 5.11 Å². The summed E-state index contributed by atoms with van der Waals surface area (Å²) in [5.74, 6) is 0. The Bertz CT molecular complexity index is 189. The average molecular weight is 184 g/mol. The lowest BCUT2D eigenvalue weighted by Crippen LogP contribution is -2.70. The molecule has 0 spiro atoms. The molecule has 2 rings (SSSR count). The Labute approximate surface area is 80.3 Å². The molecule has 1 N–H and O–H groups in total. The number of piperidine rings is 1. The molecule has 3 heteroatoms. The van der Waals surface area contributed by atoms with Crippen molar-refractivity contribution >= 4 is 0 Å². The van der Waals surface area contributed by atoms with Crippen LogP contribution in [0.1, 0.15) is 19.3 Å². The molecule has 0 amide bonds. The van der Waals surface area contributed by atoms with Crippen molar-refractivity contribution in [3.8, 4) is 0 Å². The lowest BCUT2D eigenvalue weighted by molar-refractivity contribution is -0.141. The van der Waals surface area contributed by atoms with Crippen LogP contribution in [0.3, 0.4) is 0 Å². The van der Waals surface area contributed by atoms with Gasteiger partial charge in [-0.25, -0.2) is 0 Å². The van der Waals surface area contributed by atoms with Crippen molar-refractivity contribution in [3.05, 3.63) is 0 Å². The molecule has 0 radical (unpaired) electrons. The SMILES string of the molecule is CN1CC(O)(C2CCCCN2C)C1. The first-order valence-electron chi connectivity index (χ1n) is 5.23. The largest absolute Gasteiger partial charge is 0.386 e. The molecule has 2 aliphatic rings. The molecule has 1 unspecified atom stereocenters. The van der Waals surface area contributed by atoms with E-state index in [-0.39, 0.29) is 0 Å². The summed E-state index contributed by atoms with van der Waals surface area (Å²) in [6.45, 7) is 2.85. The molecule has 2 aliphatic heterocycles. The molecule has 1 atom stereocenters. The number of likely N-dealkylation sites (N-methyl/N-ethyl adjacent to an activating group) is 2. The smallest absolute Gasteiger partial charge is 0.105 e. The molecule has 0 aromatic carbocycles. The lowest BCUT2D eigenvalue weighted by atomic mass is 9.81. The maximum Gasteiger partial charge on any atom is 0.105 e. The first-order valence-corrected chi connectivity index (χ1v) is 5.23. The van der Waals surface area contributed by atoms with Crippen LogP contribution in [0, 0.1) is 0 Å². The van der Waals surface area contributed by atoms with Crippen LogP contribution in [-0.2, 0) is 0 Å². The van der Waals surface area contributed by atoms with Gasteiger partial charge in [0.1, 0.15) is 5.60 Å². The van der Waals surface area contributed by atoms with Gasteiger partial charge in [-0.2, -0.15) is 0 Å². The quantitative estimate of drug-likeness (QED) is 0.628. The minimum Gasteiger partial charge on any atom is -0.386 e. The van der Waals surface area contributed by atoms with Crippen LogP contribution in [0.15, 0.2) is 0 Å². The summed E-state index contributed by atoms with van der Waals surface area (Å²) in [6, 6.07) is 0.400. The third kappa shape index (κ3) is 1.60. The zero-order chi connectivity index (χ0) is 9.47. The highest BCUT2D eigenvalue weighted by Crippen LogP contribution is 2.31. The lowest BCUT2D eigenvalue weighted by Gasteiger charge is -2.53. The molecular weight excluding hydrogens is 164 g/mol. The summed E-state index contributed by atoms with van der Waals surface area (Å²) in [4.78, 5) is 4.51. The van der Waals surface area contributed by atoms with Crippen molar-refractivity contribution in [3.63, 3.8) is 0 Å². The van der Waals surface area contributed by atoms with Crippen LogP contribution in [0.4, 0.5) is 0 Å². The molecule has 13 heavy (non-hydrogen) atoms. The summed E-state index contributed by atoms with van der Waals surface area (Å²) in [7, 11) is 4.21. The molecule has 0 saturated carbocycles. The highest BCUT2D eigenvalue weighted by atomic mass is 16.3. The van der Waals surface area contributed by atoms with Crippen LogP contribution in [0.2, 0.25) is 0 Å². The van der Waals surface area contributed by atoms with Gasteiger partial charge in [0.05, 0.1) is 0 Å². The van der Waals surface area contributed by atoms with Crippen LogP contribution >= 0.6 is 0 Å². The summed E-state index contributed by atoms with van der Waals surface area (Å²) >= 11 is 0. The molecule has 76 valence electrons. The zero-order valence-corrected chi connectivity index (χ0v) is 8.66. The first kappa shape index (κ1) is 9.44. The second kappa shape index (κ2) is 3.23. The van der Waals surface area contributed by atoms with Gasteiger partial charge < -0.3 is 14.9 Å². The van der Waals surface area contributed by atoms with E-state index in [0.717, 1.165) is 19.6 Å². The van der Waals surface area contributed by atoms with Crippen molar-refractivity contribution in [2.75, 3.05) is 33.7 Å². The molecule has 0 aromatic heterocycles. The average Bonchev–Trinajstić information content (AvgIpc) is 2.02. The van der Waals surface area contributed by atoms with Crippen LogP contribution in [0.5, 0.6) is 0 Å². The van der Waals surface area contributed by atoms with Crippen LogP contribution in [0.25, 0.3) is 0 Å². The fraction of sp³-hybridized carbons (Fsp3) is 1.00. The Kier molecular flexibility index (Phi) is 2.34. The molecule has 0 aliphatic carbocycles. The third-order valence-corrected chi connectivity index (χ3v) is 3.48. The van der Waals surface area contributed by atoms with Gasteiger partial charge in [-0.1, -0.05) is 6.42 Å². The Morgan fingerprint density at radius 1 is 1.23 bits per heavy atom. The summed E-state index contributed by atoms with van der Waals surface area (Å²) in [5, 5.41) is 10.3. The standard InChI is InChI=1S/C10H20N2O/c1-11-7-10(13,8-11)9-5-3-4-6-12(9)2/h9,13H,3-8H2,1-2H3. The van der Waals surface area contributed by atoms with E-state index in [1.54, 1.807) is 0 Å². The number of rotatable bonds is 1. The number of hydrogen-bond donors (Lipinski definition) is 1. The Hall–Kier alpha value is -0.120. The number of hydrogen-bond acceptors (Lipinski definition) is 3. The van der Waals surface area contributed by atoms with E-state index in [4.69, 9.17) is 0 Å². The monoisotopic (exact) mass is 184 g/mol. The number of likely N-dealkylation sites (tertiary alicyclic amines) is 2. The van der Waals surface area contributed by atoms with Gasteiger partial charge in [0.25, 0.3) is 0 Å². The highest BCUT2D eigenvalue weighted by molar-refractivity contribution is 5.03. The topological polar surface area (TPSA) is 26.7 Å². The van der Waals surface area contributed by atoms with Crippen molar-refractivity contribution in [1.82, 2.24) is 9.80 Å². The second-order valence-corrected chi connectivity index (χ2v) is 4.77. The maximum absolute atomic E-state index is 10.3. The fourth-order valence-corrected chi connectivity index (χ4v) is 2.85. The van der Waals surface area contributed by atoms with Crippen LogP contribution < -0.4 is 0 Å². The molecule has 2 saturated heterocycles. The van der Waals surface area contributed by atoms with Crippen molar-refractivity contribution < 1.29 is 5.11 Å². The van der Waals surface area contributed by atoms with Crippen LogP contribution in [-0.4, -0.2) is 60.3 Å². The number of β-amino-alcohol motifs (C(OH)–C–C–N with tert-alkyl or cyclic N) is 1. The molecule has 0 aromatic rings. The van der Waals surface area contributed by atoms with Crippen molar-refractivity contribution in [2.45, 2.75) is 30.9 Å². The summed E-state index contributed by atoms with van der Waals surface area (Å²) in [5.41, 5.74) is -0.413. The predicted molar refractivity (Wildman–Crippen MR) is 52.7 cm³/mol. The van der Waals surface area contributed by atoms with Gasteiger partial charge in [0, 0.05) is 19.1 Å². The van der Waals surface area contributed by atoms with Crippen molar-refractivity contribution in [2.24, 2.45) is 0 Å². The van der Waals surface area contributed by atoms with Gasteiger partial charge in [-0.05, 0) is 33.5 Å². The molecular formula is C10H20N2O. The van der Waals surface area contributed by atoms with E-state index in [2.05, 4.69) is 23.9 Å². The van der Waals surface area contributed by atoms with Crippen molar-refractivity contribution in [1.29, 1.82) is 0 Å². The number of nitrogens with zero attached hydrogens (tertiary/aromatic N) is 2. The predicted octanol–water partition coefficient (Wildman–Crippen LogP) is 0.147.